The summed E-state index contributed by atoms with van der Waals surface area (Å²) >= 11 is 0. The van der Waals surface area contributed by atoms with E-state index in [-0.39, 0.29) is 18.4 Å². The summed E-state index contributed by atoms with van der Waals surface area (Å²) in [5, 5.41) is 14.9. The first kappa shape index (κ1) is 19.9. The summed E-state index contributed by atoms with van der Waals surface area (Å²) in [5.41, 5.74) is 1.77. The number of aromatic nitrogens is 1. The molecule has 8 heteroatoms. The Kier molecular flexibility index (Phi) is 5.91. The molecule has 2 fully saturated rings. The second-order valence-corrected chi connectivity index (χ2v) is 7.65. The maximum absolute atomic E-state index is 12.5. The molecule has 0 atom stereocenters. The van der Waals surface area contributed by atoms with Gasteiger partial charge in [-0.2, -0.15) is 5.26 Å². The molecule has 1 saturated carbocycles. The van der Waals surface area contributed by atoms with Crippen molar-refractivity contribution in [2.75, 3.05) is 42.9 Å². The second kappa shape index (κ2) is 8.93. The van der Waals surface area contributed by atoms with Crippen molar-refractivity contribution in [3.8, 4) is 6.07 Å². The van der Waals surface area contributed by atoms with Crippen LogP contribution >= 0.6 is 0 Å². The van der Waals surface area contributed by atoms with Crippen molar-refractivity contribution < 1.29 is 9.59 Å². The van der Waals surface area contributed by atoms with E-state index in [1.54, 1.807) is 42.6 Å². The molecule has 154 valence electrons. The van der Waals surface area contributed by atoms with E-state index in [2.05, 4.69) is 31.5 Å². The van der Waals surface area contributed by atoms with Crippen molar-refractivity contribution in [3.63, 3.8) is 0 Å². The SMILES string of the molecule is N#Cc1ccnc(N2CCN(CC(=O)Nc3cccc(C(=O)NC4CC4)c3)CC2)c1. The molecule has 1 aliphatic carbocycles. The Hall–Kier alpha value is -3.44. The molecule has 2 aromatic rings. The molecule has 0 bridgehead atoms. The smallest absolute Gasteiger partial charge is 0.251 e. The van der Waals surface area contributed by atoms with E-state index in [4.69, 9.17) is 5.26 Å². The van der Waals surface area contributed by atoms with Crippen LogP contribution in [0.4, 0.5) is 11.5 Å². The van der Waals surface area contributed by atoms with Gasteiger partial charge in [-0.25, -0.2) is 4.98 Å². The van der Waals surface area contributed by atoms with E-state index in [0.717, 1.165) is 44.8 Å². The van der Waals surface area contributed by atoms with Gasteiger partial charge in [-0.3, -0.25) is 14.5 Å². The van der Waals surface area contributed by atoms with E-state index >= 15 is 0 Å². The molecule has 8 nitrogen and oxygen atoms in total. The molecule has 0 radical (unpaired) electrons. The molecule has 1 aliphatic heterocycles. The van der Waals surface area contributed by atoms with Gasteiger partial charge in [0.05, 0.1) is 18.2 Å². The zero-order chi connectivity index (χ0) is 20.9. The third-order valence-corrected chi connectivity index (χ3v) is 5.26. The van der Waals surface area contributed by atoms with E-state index < -0.39 is 0 Å². The minimum atomic E-state index is -0.104. The highest BCUT2D eigenvalue weighted by atomic mass is 16.2. The third-order valence-electron chi connectivity index (χ3n) is 5.26. The Labute approximate surface area is 175 Å². The van der Waals surface area contributed by atoms with Crippen molar-refractivity contribution in [3.05, 3.63) is 53.7 Å². The summed E-state index contributed by atoms with van der Waals surface area (Å²) in [6, 6.07) is 12.9. The largest absolute Gasteiger partial charge is 0.354 e. The van der Waals surface area contributed by atoms with E-state index in [1.165, 1.54) is 0 Å². The number of benzene rings is 1. The fourth-order valence-corrected chi connectivity index (χ4v) is 3.43. The normalized spacial score (nSPS) is 16.6. The number of anilines is 2. The lowest BCUT2D eigenvalue weighted by Crippen LogP contribution is -2.48. The predicted molar refractivity (Wildman–Crippen MR) is 113 cm³/mol. The van der Waals surface area contributed by atoms with E-state index in [1.807, 2.05) is 0 Å². The number of hydrogen-bond acceptors (Lipinski definition) is 6. The molecule has 1 saturated heterocycles. The van der Waals surface area contributed by atoms with Gasteiger partial charge in [-0.15, -0.1) is 0 Å². The number of piperazine rings is 1. The van der Waals surface area contributed by atoms with Crippen molar-refractivity contribution in [2.24, 2.45) is 0 Å². The van der Waals surface area contributed by atoms with Gasteiger partial charge in [-0.05, 0) is 43.2 Å². The van der Waals surface area contributed by atoms with Crippen LogP contribution in [0.15, 0.2) is 42.6 Å². The molecular formula is C22H24N6O2. The Bertz CT molecular complexity index is 974. The van der Waals surface area contributed by atoms with Crippen LogP contribution in [0.25, 0.3) is 0 Å². The van der Waals surface area contributed by atoms with Gasteiger partial charge in [0, 0.05) is 49.7 Å². The number of hydrogen-bond donors (Lipinski definition) is 2. The highest BCUT2D eigenvalue weighted by Gasteiger charge is 2.24. The summed E-state index contributed by atoms with van der Waals surface area (Å²) in [6.45, 7) is 3.24. The Morgan fingerprint density at radius 3 is 2.67 bits per heavy atom. The molecule has 0 unspecified atom stereocenters. The lowest BCUT2D eigenvalue weighted by molar-refractivity contribution is -0.117. The highest BCUT2D eigenvalue weighted by Crippen LogP contribution is 2.20. The van der Waals surface area contributed by atoms with Crippen LogP contribution < -0.4 is 15.5 Å². The fourth-order valence-electron chi connectivity index (χ4n) is 3.43. The molecule has 30 heavy (non-hydrogen) atoms. The van der Waals surface area contributed by atoms with Crippen molar-refractivity contribution in [1.29, 1.82) is 5.26 Å². The molecule has 2 heterocycles. The number of rotatable bonds is 6. The number of nitriles is 1. The lowest BCUT2D eigenvalue weighted by atomic mass is 10.2. The summed E-state index contributed by atoms with van der Waals surface area (Å²) in [4.78, 5) is 33.2. The van der Waals surface area contributed by atoms with Gasteiger partial charge >= 0.3 is 0 Å². The van der Waals surface area contributed by atoms with Crippen LogP contribution in [0.3, 0.4) is 0 Å². The number of nitrogens with zero attached hydrogens (tertiary/aromatic N) is 4. The molecule has 2 N–H and O–H groups in total. The summed E-state index contributed by atoms with van der Waals surface area (Å²) in [7, 11) is 0. The second-order valence-electron chi connectivity index (χ2n) is 7.65. The van der Waals surface area contributed by atoms with Crippen molar-refractivity contribution >= 4 is 23.3 Å². The Balaban J connectivity index is 1.27. The average molecular weight is 404 g/mol. The first-order valence-electron chi connectivity index (χ1n) is 10.1. The number of nitrogens with one attached hydrogen (secondary N) is 2. The Morgan fingerprint density at radius 1 is 1.13 bits per heavy atom. The summed E-state index contributed by atoms with van der Waals surface area (Å²) in [6.07, 6.45) is 3.72. The molecule has 2 aliphatic rings. The van der Waals surface area contributed by atoms with Crippen LogP contribution in [0.1, 0.15) is 28.8 Å². The minimum Gasteiger partial charge on any atom is -0.354 e. The van der Waals surface area contributed by atoms with E-state index in [9.17, 15) is 9.59 Å². The molecule has 1 aromatic heterocycles. The van der Waals surface area contributed by atoms with Crippen molar-refractivity contribution in [1.82, 2.24) is 15.2 Å². The molecule has 4 rings (SSSR count). The monoisotopic (exact) mass is 404 g/mol. The maximum Gasteiger partial charge on any atom is 0.251 e. The average Bonchev–Trinajstić information content (AvgIpc) is 3.58. The molecule has 1 aromatic carbocycles. The maximum atomic E-state index is 12.5. The van der Waals surface area contributed by atoms with Crippen molar-refractivity contribution in [2.45, 2.75) is 18.9 Å². The zero-order valence-electron chi connectivity index (χ0n) is 16.7. The predicted octanol–water partition coefficient (Wildman–Crippen LogP) is 1.61. The fraction of sp³-hybridized carbons (Fsp3) is 0.364. The quantitative estimate of drug-likeness (QED) is 0.759. The minimum absolute atomic E-state index is 0.0983. The summed E-state index contributed by atoms with van der Waals surface area (Å²) < 4.78 is 0. The van der Waals surface area contributed by atoms with Crippen LogP contribution in [-0.4, -0.2) is 60.5 Å². The van der Waals surface area contributed by atoms with Crippen LogP contribution in [0, 0.1) is 11.3 Å². The van der Waals surface area contributed by atoms with Gasteiger partial charge in [0.15, 0.2) is 0 Å². The van der Waals surface area contributed by atoms with Gasteiger partial charge < -0.3 is 15.5 Å². The number of amides is 2. The van der Waals surface area contributed by atoms with E-state index in [0.29, 0.717) is 22.9 Å². The Morgan fingerprint density at radius 2 is 1.93 bits per heavy atom. The zero-order valence-corrected chi connectivity index (χ0v) is 16.7. The summed E-state index contributed by atoms with van der Waals surface area (Å²) in [5.74, 6) is 0.589. The number of pyridine rings is 1. The molecule has 2 amide bonds. The standard InChI is InChI=1S/C22H24N6O2/c23-14-16-6-7-24-20(12-16)28-10-8-27(9-11-28)15-21(29)25-19-3-1-2-17(13-19)22(30)26-18-4-5-18/h1-3,6-7,12-13,18H,4-5,8-11,15H2,(H,25,29)(H,26,30). The lowest BCUT2D eigenvalue weighted by Gasteiger charge is -2.35. The molecular weight excluding hydrogens is 380 g/mol. The van der Waals surface area contributed by atoms with Gasteiger partial charge in [0.1, 0.15) is 5.82 Å². The topological polar surface area (TPSA) is 101 Å². The number of carbonyl (C=O) groups is 2. The van der Waals surface area contributed by atoms with Gasteiger partial charge in [0.25, 0.3) is 5.91 Å². The van der Waals surface area contributed by atoms with Gasteiger partial charge in [0.2, 0.25) is 5.91 Å². The van der Waals surface area contributed by atoms with Crippen LogP contribution in [0.5, 0.6) is 0 Å². The highest BCUT2D eigenvalue weighted by molar-refractivity contribution is 5.97. The number of carbonyl (C=O) groups excluding carboxylic acids is 2. The van der Waals surface area contributed by atoms with Crippen LogP contribution in [-0.2, 0) is 4.79 Å². The third kappa shape index (κ3) is 5.13. The van der Waals surface area contributed by atoms with Crippen LogP contribution in [0.2, 0.25) is 0 Å². The first-order valence-corrected chi connectivity index (χ1v) is 10.1. The van der Waals surface area contributed by atoms with Gasteiger partial charge in [-0.1, -0.05) is 6.07 Å². The molecule has 0 spiro atoms. The first-order chi connectivity index (χ1) is 14.6.